The van der Waals surface area contributed by atoms with Gasteiger partial charge in [0, 0.05) is 0 Å². The van der Waals surface area contributed by atoms with E-state index in [1.807, 2.05) is 0 Å². The molecule has 0 unspecified atom stereocenters. The number of hydrogen-bond acceptors (Lipinski definition) is 3. The van der Waals surface area contributed by atoms with Gasteiger partial charge < -0.3 is 0 Å². The fraction of sp³-hybridized carbons (Fsp3) is 1.00. The van der Waals surface area contributed by atoms with Crippen LogP contribution in [0.4, 0.5) is 0 Å². The van der Waals surface area contributed by atoms with E-state index in [1.54, 1.807) is 21.1 Å². The summed E-state index contributed by atoms with van der Waals surface area (Å²) in [5.74, 6) is -0.813. The predicted molar refractivity (Wildman–Crippen MR) is 29.3 cm³/mol. The summed E-state index contributed by atoms with van der Waals surface area (Å²) in [7, 11) is 3.09. The van der Waals surface area contributed by atoms with E-state index in [-0.39, 0.29) is 0 Å². The van der Waals surface area contributed by atoms with Gasteiger partial charge >= 0.3 is 65.5 Å². The number of hydrogen-bond donors (Lipinski definition) is 0. The zero-order valence-corrected chi connectivity index (χ0v) is 9.11. The monoisotopic (exact) mass is 313 g/mol. The minimum absolute atomic E-state index is 0.616. The Labute approximate surface area is 65.6 Å². The van der Waals surface area contributed by atoms with Gasteiger partial charge in [0.1, 0.15) is 0 Å². The Hall–Kier alpha value is 0.802. The Kier molecular flexibility index (Phi) is 4.13. The first-order valence-electron chi connectivity index (χ1n) is 2.13. The fourth-order valence-corrected chi connectivity index (χ4v) is 0.815. The third-order valence-electron chi connectivity index (χ3n) is 0.927. The van der Waals surface area contributed by atoms with Crippen LogP contribution in [0.3, 0.4) is 0 Å². The molecule has 0 spiro atoms. The summed E-state index contributed by atoms with van der Waals surface area (Å²) in [6.45, 7) is 1.72. The van der Waals surface area contributed by atoms with Crippen molar-refractivity contribution in [3.63, 3.8) is 0 Å². The van der Waals surface area contributed by atoms with Crippen LogP contribution in [0.15, 0.2) is 0 Å². The van der Waals surface area contributed by atoms with Crippen molar-refractivity contribution in [3.05, 3.63) is 0 Å². The Morgan fingerprint density at radius 2 is 1.62 bits per heavy atom. The second kappa shape index (κ2) is 3.76. The molecule has 0 fully saturated rings. The van der Waals surface area contributed by atoms with Gasteiger partial charge in [-0.15, -0.1) is 0 Å². The third-order valence-corrected chi connectivity index (χ3v) is 2.37. The van der Waals surface area contributed by atoms with Gasteiger partial charge in [-0.05, 0) is 0 Å². The number of ether oxygens (including phenoxy) is 2. The van der Waals surface area contributed by atoms with Gasteiger partial charge in [0.05, 0.1) is 0 Å². The van der Waals surface area contributed by atoms with Crippen molar-refractivity contribution < 1.29 is 12.2 Å². The van der Waals surface area contributed by atoms with Crippen molar-refractivity contribution in [2.75, 3.05) is 14.2 Å². The molecule has 0 heterocycles. The molecular weight excluding hydrogens is 303 g/mol. The van der Waals surface area contributed by atoms with Gasteiger partial charge in [-0.3, -0.25) is 0 Å². The van der Waals surface area contributed by atoms with E-state index in [9.17, 15) is 0 Å². The molecule has 0 amide bonds. The van der Waals surface area contributed by atoms with E-state index in [1.165, 1.54) is 0 Å². The van der Waals surface area contributed by atoms with E-state index in [0.29, 0.717) is 26.2 Å². The molecule has 8 heavy (non-hydrogen) atoms. The van der Waals surface area contributed by atoms with Crippen LogP contribution in [0.25, 0.3) is 0 Å². The van der Waals surface area contributed by atoms with E-state index in [0.717, 1.165) is 0 Å². The van der Waals surface area contributed by atoms with Crippen LogP contribution in [-0.4, -0.2) is 46.4 Å². The van der Waals surface area contributed by atoms with Gasteiger partial charge in [-0.25, -0.2) is 0 Å². The molecule has 0 aliphatic carbocycles. The molecule has 0 N–H and O–H groups in total. The molecule has 47 valence electrons. The van der Waals surface area contributed by atoms with Gasteiger partial charge in [0.2, 0.25) is 0 Å². The van der Waals surface area contributed by atoms with Gasteiger partial charge in [0.25, 0.3) is 0 Å². The van der Waals surface area contributed by atoms with Crippen molar-refractivity contribution in [2.24, 2.45) is 0 Å². The standard InChI is InChI=1S/C4H9O3.Pb/c1-4(5,6-2)7-3;/h1-3H3;/q-1;+1. The van der Waals surface area contributed by atoms with Gasteiger partial charge in [0.15, 0.2) is 0 Å². The number of rotatable bonds is 3. The average Bonchev–Trinajstić information content (AvgIpc) is 1.87. The predicted octanol–water partition coefficient (Wildman–Crippen LogP) is 0.0530. The van der Waals surface area contributed by atoms with Crippen molar-refractivity contribution in [3.8, 4) is 0 Å². The molecule has 4 heteroatoms. The first kappa shape index (κ1) is 8.80. The molecule has 0 saturated heterocycles. The van der Waals surface area contributed by atoms with Crippen molar-refractivity contribution >= 4 is 26.2 Å². The second-order valence-corrected chi connectivity index (χ2v) is 2.17. The van der Waals surface area contributed by atoms with Gasteiger partial charge in [-0.1, -0.05) is 0 Å². The molecule has 0 bridgehead atoms. The van der Waals surface area contributed by atoms with E-state index < -0.39 is 5.97 Å². The van der Waals surface area contributed by atoms with Crippen molar-refractivity contribution in [1.29, 1.82) is 0 Å². The summed E-state index contributed by atoms with van der Waals surface area (Å²) < 4.78 is 14.6. The Balaban J connectivity index is 3.58. The van der Waals surface area contributed by atoms with Crippen LogP contribution >= 0.6 is 0 Å². The second-order valence-electron chi connectivity index (χ2n) is 1.37. The maximum atomic E-state index is 4.93. The van der Waals surface area contributed by atoms with Crippen LogP contribution in [0.5, 0.6) is 0 Å². The molecule has 3 radical (unpaired) electrons. The van der Waals surface area contributed by atoms with Gasteiger partial charge in [-0.2, -0.15) is 0 Å². The molecule has 0 aromatic heterocycles. The summed E-state index contributed by atoms with van der Waals surface area (Å²) >= 11 is 0.616. The molecule has 0 aliphatic heterocycles. The third kappa shape index (κ3) is 2.38. The van der Waals surface area contributed by atoms with Crippen LogP contribution in [0.2, 0.25) is 0 Å². The summed E-state index contributed by atoms with van der Waals surface area (Å²) in [5.41, 5.74) is 0. The minimum atomic E-state index is -0.813. The van der Waals surface area contributed by atoms with E-state index in [2.05, 4.69) is 0 Å². The summed E-state index contributed by atoms with van der Waals surface area (Å²) in [4.78, 5) is 0. The van der Waals surface area contributed by atoms with Crippen LogP contribution in [0.1, 0.15) is 6.92 Å². The van der Waals surface area contributed by atoms with Crippen LogP contribution in [0, 0.1) is 0 Å². The van der Waals surface area contributed by atoms with Crippen molar-refractivity contribution in [1.82, 2.24) is 0 Å². The zero-order valence-electron chi connectivity index (χ0n) is 5.22. The molecule has 0 aromatic carbocycles. The summed E-state index contributed by atoms with van der Waals surface area (Å²) in [6.07, 6.45) is 0. The fourth-order valence-electron chi connectivity index (χ4n) is 0.167. The first-order chi connectivity index (χ1) is 3.68. The molecule has 0 aliphatic rings. The molecule has 0 saturated carbocycles. The Morgan fingerprint density at radius 3 is 1.62 bits per heavy atom. The first-order valence-corrected chi connectivity index (χ1v) is 3.72. The van der Waals surface area contributed by atoms with Crippen LogP contribution in [-0.2, 0) is 12.2 Å². The molecule has 0 rings (SSSR count). The van der Waals surface area contributed by atoms with Crippen molar-refractivity contribution in [2.45, 2.75) is 12.9 Å². The summed E-state index contributed by atoms with van der Waals surface area (Å²) in [5, 5.41) is 0. The quantitative estimate of drug-likeness (QED) is 0.545. The molecule has 0 aromatic rings. The van der Waals surface area contributed by atoms with E-state index in [4.69, 9.17) is 12.2 Å². The molecule has 3 nitrogen and oxygen atoms in total. The maximum absolute atomic E-state index is 4.93. The molecular formula is C4H9O3Pb. The Morgan fingerprint density at radius 1 is 1.25 bits per heavy atom. The average molecular weight is 312 g/mol. The normalized spacial score (nSPS) is 12.0. The molecule has 0 atom stereocenters. The van der Waals surface area contributed by atoms with E-state index >= 15 is 0 Å². The zero-order chi connectivity index (χ0) is 6.62. The SMILES string of the molecule is COC(C)(OC)[O][Pb]. The number of methoxy groups -OCH3 is 2. The Bertz CT molecular complexity index is 54.0. The topological polar surface area (TPSA) is 27.7 Å². The summed E-state index contributed by atoms with van der Waals surface area (Å²) in [6, 6.07) is 0. The van der Waals surface area contributed by atoms with Crippen LogP contribution < -0.4 is 0 Å².